The molecule has 10 heteroatoms. The summed E-state index contributed by atoms with van der Waals surface area (Å²) in [6.07, 6.45) is 1.29. The Morgan fingerprint density at radius 3 is 1.95 bits per heavy atom. The van der Waals surface area contributed by atoms with Gasteiger partial charge in [0.2, 0.25) is 0 Å². The van der Waals surface area contributed by atoms with Gasteiger partial charge in [-0.1, -0.05) is 24.3 Å². The van der Waals surface area contributed by atoms with Crippen molar-refractivity contribution in [3.8, 4) is 11.3 Å². The zero-order valence-electron chi connectivity index (χ0n) is 21.8. The molecule has 1 saturated heterocycles. The van der Waals surface area contributed by atoms with Crippen molar-refractivity contribution < 1.29 is 33.8 Å². The molecule has 1 aliphatic heterocycles. The number of carboxylic acid groups (broad SMARTS) is 2. The van der Waals surface area contributed by atoms with E-state index < -0.39 is 23.8 Å². The summed E-state index contributed by atoms with van der Waals surface area (Å²) < 4.78 is 5.85. The summed E-state index contributed by atoms with van der Waals surface area (Å²) in [5.41, 5.74) is 2.46. The smallest absolute Gasteiger partial charge is 0.335 e. The fraction of sp³-hybridized carbons (Fsp3) is 0.0645. The van der Waals surface area contributed by atoms with Crippen molar-refractivity contribution in [2.75, 3.05) is 9.80 Å². The maximum Gasteiger partial charge on any atom is 0.335 e. The Morgan fingerprint density at radius 1 is 0.756 bits per heavy atom. The van der Waals surface area contributed by atoms with Crippen molar-refractivity contribution in [1.29, 1.82) is 0 Å². The van der Waals surface area contributed by atoms with Crippen LogP contribution in [0.1, 0.15) is 37.6 Å². The number of carboxylic acids is 2. The van der Waals surface area contributed by atoms with Crippen LogP contribution in [0.2, 0.25) is 0 Å². The number of rotatable bonds is 6. The largest absolute Gasteiger partial charge is 0.478 e. The SMILES string of the molecule is Cc1ccc(N2C(=O)/C(=C\c3ccc(-c4cc(C(=O)O)cc(C(=O)O)c4)o3)C(=O)N(c3ccccc3)C2=S)cc1C. The van der Waals surface area contributed by atoms with Crippen LogP contribution < -0.4 is 9.80 Å². The number of furan rings is 1. The molecule has 0 aliphatic carbocycles. The predicted octanol–water partition coefficient (Wildman–Crippen LogP) is 5.71. The summed E-state index contributed by atoms with van der Waals surface area (Å²) in [4.78, 5) is 53.1. The van der Waals surface area contributed by atoms with Crippen LogP contribution in [0.3, 0.4) is 0 Å². The van der Waals surface area contributed by atoms with Gasteiger partial charge in [0, 0.05) is 5.56 Å². The molecular weight excluding hydrogens is 544 g/mol. The fourth-order valence-corrected chi connectivity index (χ4v) is 4.75. The van der Waals surface area contributed by atoms with E-state index in [9.17, 15) is 29.4 Å². The molecule has 0 atom stereocenters. The highest BCUT2D eigenvalue weighted by Gasteiger charge is 2.41. The Kier molecular flexibility index (Phi) is 7.08. The highest BCUT2D eigenvalue weighted by Crippen LogP contribution is 2.32. The average molecular weight is 567 g/mol. The molecule has 41 heavy (non-hydrogen) atoms. The van der Waals surface area contributed by atoms with Crippen LogP contribution in [-0.2, 0) is 9.59 Å². The number of carbonyl (C=O) groups is 4. The summed E-state index contributed by atoms with van der Waals surface area (Å²) in [7, 11) is 0. The minimum atomic E-state index is -1.30. The van der Waals surface area contributed by atoms with Gasteiger partial charge in [-0.25, -0.2) is 9.59 Å². The van der Waals surface area contributed by atoms with E-state index in [0.717, 1.165) is 17.2 Å². The van der Waals surface area contributed by atoms with Gasteiger partial charge in [-0.3, -0.25) is 19.4 Å². The Morgan fingerprint density at radius 2 is 1.37 bits per heavy atom. The molecule has 2 amide bonds. The third kappa shape index (κ3) is 5.15. The van der Waals surface area contributed by atoms with Crippen molar-refractivity contribution in [2.45, 2.75) is 13.8 Å². The quantitative estimate of drug-likeness (QED) is 0.173. The van der Waals surface area contributed by atoms with E-state index in [4.69, 9.17) is 16.6 Å². The molecule has 0 radical (unpaired) electrons. The van der Waals surface area contributed by atoms with Crippen LogP contribution in [0.25, 0.3) is 17.4 Å². The van der Waals surface area contributed by atoms with E-state index in [2.05, 4.69) is 0 Å². The number of para-hydroxylation sites is 1. The van der Waals surface area contributed by atoms with Crippen LogP contribution in [-0.4, -0.2) is 39.1 Å². The van der Waals surface area contributed by atoms with Crippen molar-refractivity contribution in [3.05, 3.63) is 112 Å². The predicted molar refractivity (Wildman–Crippen MR) is 156 cm³/mol. The van der Waals surface area contributed by atoms with Crippen LogP contribution in [0.4, 0.5) is 11.4 Å². The van der Waals surface area contributed by atoms with Crippen molar-refractivity contribution >= 4 is 58.5 Å². The van der Waals surface area contributed by atoms with Crippen molar-refractivity contribution in [2.24, 2.45) is 0 Å². The second kappa shape index (κ2) is 10.7. The first-order valence-electron chi connectivity index (χ1n) is 12.3. The minimum absolute atomic E-state index is 0.00146. The highest BCUT2D eigenvalue weighted by molar-refractivity contribution is 7.81. The minimum Gasteiger partial charge on any atom is -0.478 e. The third-order valence-electron chi connectivity index (χ3n) is 6.64. The topological polar surface area (TPSA) is 128 Å². The molecule has 0 saturated carbocycles. The number of benzene rings is 3. The van der Waals surface area contributed by atoms with Gasteiger partial charge in [-0.15, -0.1) is 0 Å². The second-order valence-corrected chi connectivity index (χ2v) is 9.70. The number of nitrogens with zero attached hydrogens (tertiary/aromatic N) is 2. The van der Waals surface area contributed by atoms with Gasteiger partial charge in [0.15, 0.2) is 5.11 Å². The van der Waals surface area contributed by atoms with Gasteiger partial charge in [0.25, 0.3) is 11.8 Å². The molecular formula is C31H22N2O7S. The highest BCUT2D eigenvalue weighted by atomic mass is 32.1. The number of carbonyl (C=O) groups excluding carboxylic acids is 2. The molecule has 1 aromatic heterocycles. The molecule has 0 unspecified atom stereocenters. The number of aromatic carboxylic acids is 2. The van der Waals surface area contributed by atoms with Crippen LogP contribution in [0.5, 0.6) is 0 Å². The van der Waals surface area contributed by atoms with Crippen LogP contribution in [0.15, 0.2) is 88.9 Å². The van der Waals surface area contributed by atoms with Gasteiger partial charge in [-0.2, -0.15) is 0 Å². The van der Waals surface area contributed by atoms with E-state index in [0.29, 0.717) is 11.4 Å². The Hall–Kier alpha value is -5.35. The Bertz CT molecular complexity index is 1760. The number of amides is 2. The second-order valence-electron chi connectivity index (χ2n) is 9.34. The molecule has 5 rings (SSSR count). The summed E-state index contributed by atoms with van der Waals surface area (Å²) in [5.74, 6) is -3.62. The molecule has 0 bridgehead atoms. The van der Waals surface area contributed by atoms with E-state index in [1.54, 1.807) is 36.4 Å². The average Bonchev–Trinajstić information content (AvgIpc) is 3.42. The van der Waals surface area contributed by atoms with Gasteiger partial charge in [-0.05, 0) is 97.9 Å². The molecule has 2 N–H and O–H groups in total. The van der Waals surface area contributed by atoms with Crippen LogP contribution in [0, 0.1) is 13.8 Å². The van der Waals surface area contributed by atoms with E-state index in [-0.39, 0.29) is 38.9 Å². The van der Waals surface area contributed by atoms with E-state index >= 15 is 0 Å². The molecule has 4 aromatic rings. The molecule has 2 heterocycles. The molecule has 0 spiro atoms. The number of anilines is 2. The lowest BCUT2D eigenvalue weighted by molar-refractivity contribution is -0.120. The maximum atomic E-state index is 13.8. The Balaban J connectivity index is 1.60. The first kappa shape index (κ1) is 27.2. The first-order chi connectivity index (χ1) is 19.5. The number of hydrogen-bond acceptors (Lipinski definition) is 6. The van der Waals surface area contributed by atoms with E-state index in [1.807, 2.05) is 26.0 Å². The molecule has 9 nitrogen and oxygen atoms in total. The van der Waals surface area contributed by atoms with Crippen molar-refractivity contribution in [3.63, 3.8) is 0 Å². The monoisotopic (exact) mass is 566 g/mol. The zero-order chi connectivity index (χ0) is 29.4. The van der Waals surface area contributed by atoms with E-state index in [1.165, 1.54) is 40.1 Å². The van der Waals surface area contributed by atoms with Crippen molar-refractivity contribution in [1.82, 2.24) is 0 Å². The van der Waals surface area contributed by atoms with Gasteiger partial charge in [0.1, 0.15) is 17.1 Å². The molecule has 1 aliphatic rings. The summed E-state index contributed by atoms with van der Waals surface area (Å²) in [5, 5.41) is 18.8. The number of aryl methyl sites for hydroxylation is 2. The molecule has 3 aromatic carbocycles. The summed E-state index contributed by atoms with van der Waals surface area (Å²) >= 11 is 5.66. The van der Waals surface area contributed by atoms with Gasteiger partial charge >= 0.3 is 11.9 Å². The fourth-order valence-electron chi connectivity index (χ4n) is 4.37. The summed E-state index contributed by atoms with van der Waals surface area (Å²) in [6.45, 7) is 3.85. The van der Waals surface area contributed by atoms with Gasteiger partial charge < -0.3 is 14.6 Å². The number of hydrogen-bond donors (Lipinski definition) is 2. The molecule has 1 fully saturated rings. The van der Waals surface area contributed by atoms with Crippen LogP contribution >= 0.6 is 12.2 Å². The molecule has 204 valence electrons. The standard InChI is InChI=1S/C31H22N2O7S/c1-17-8-9-23(12-18(17)2)33-28(35)25(27(34)32(31(33)41)22-6-4-3-5-7-22)16-24-10-11-26(40-24)19-13-20(29(36)37)15-21(14-19)30(38)39/h3-16H,1-2H3,(H,36,37)(H,38,39)/b25-16-. The third-order valence-corrected chi connectivity index (χ3v) is 7.00. The lowest BCUT2D eigenvalue weighted by atomic mass is 10.0. The Labute approximate surface area is 239 Å². The lowest BCUT2D eigenvalue weighted by Crippen LogP contribution is -2.57. The lowest BCUT2D eigenvalue weighted by Gasteiger charge is -2.36. The van der Waals surface area contributed by atoms with Gasteiger partial charge in [0.05, 0.1) is 22.5 Å². The number of thiocarbonyl (C=S) groups is 1. The normalized spacial score (nSPS) is 14.6. The summed E-state index contributed by atoms with van der Waals surface area (Å²) in [6, 6.07) is 20.7. The first-order valence-corrected chi connectivity index (χ1v) is 12.7. The maximum absolute atomic E-state index is 13.8. The zero-order valence-corrected chi connectivity index (χ0v) is 22.6.